The van der Waals surface area contributed by atoms with Crippen LogP contribution >= 0.6 is 0 Å². The van der Waals surface area contributed by atoms with Crippen molar-refractivity contribution in [3.05, 3.63) is 35.9 Å². The van der Waals surface area contributed by atoms with Crippen molar-refractivity contribution in [2.75, 3.05) is 13.1 Å². The van der Waals surface area contributed by atoms with Gasteiger partial charge in [0.2, 0.25) is 5.91 Å². The van der Waals surface area contributed by atoms with E-state index in [0.29, 0.717) is 18.5 Å². The van der Waals surface area contributed by atoms with E-state index in [1.54, 1.807) is 5.01 Å². The molecule has 2 fully saturated rings. The van der Waals surface area contributed by atoms with Gasteiger partial charge in [-0.25, -0.2) is 5.01 Å². The molecule has 1 aromatic carbocycles. The highest BCUT2D eigenvalue weighted by molar-refractivity contribution is 6.02. The zero-order chi connectivity index (χ0) is 18.1. The number of primary amides is 1. The van der Waals surface area contributed by atoms with Crippen molar-refractivity contribution < 1.29 is 9.59 Å². The Bertz CT molecular complexity index is 718. The smallest absolute Gasteiger partial charge is 0.256 e. The predicted molar refractivity (Wildman–Crippen MR) is 99.4 cm³/mol. The molecular weight excluding hydrogens is 328 g/mol. The summed E-state index contributed by atoms with van der Waals surface area (Å²) in [5.41, 5.74) is 7.64. The molecule has 0 spiro atoms. The molecule has 2 heterocycles. The first-order chi connectivity index (χ1) is 12.6. The molecule has 0 bridgehead atoms. The summed E-state index contributed by atoms with van der Waals surface area (Å²) in [6.07, 6.45) is 6.13. The van der Waals surface area contributed by atoms with Crippen molar-refractivity contribution >= 4 is 17.5 Å². The Morgan fingerprint density at radius 3 is 2.69 bits per heavy atom. The van der Waals surface area contributed by atoms with Gasteiger partial charge in [0, 0.05) is 12.5 Å². The van der Waals surface area contributed by atoms with Crippen LogP contribution in [0.1, 0.15) is 44.1 Å². The number of carbonyl (C=O) groups is 2. The molecule has 1 saturated carbocycles. The zero-order valence-electron chi connectivity index (χ0n) is 15.0. The fourth-order valence-corrected chi connectivity index (χ4v) is 4.77. The molecule has 1 aromatic rings. The van der Waals surface area contributed by atoms with Gasteiger partial charge in [-0.15, -0.1) is 0 Å². The van der Waals surface area contributed by atoms with Gasteiger partial charge in [-0.05, 0) is 30.7 Å². The van der Waals surface area contributed by atoms with Crippen LogP contribution in [0.2, 0.25) is 0 Å². The second-order valence-corrected chi connectivity index (χ2v) is 7.62. The molecule has 0 aromatic heterocycles. The van der Waals surface area contributed by atoms with E-state index in [9.17, 15) is 9.59 Å². The number of carbonyl (C=O) groups excluding carboxylic acids is 2. The minimum Gasteiger partial charge on any atom is -0.368 e. The molecule has 2 amide bonds. The number of rotatable bonds is 4. The van der Waals surface area contributed by atoms with Crippen LogP contribution < -0.4 is 5.73 Å². The lowest BCUT2D eigenvalue weighted by atomic mass is 9.84. The maximum absolute atomic E-state index is 12.8. The van der Waals surface area contributed by atoms with Crippen LogP contribution in [0, 0.1) is 5.92 Å². The Morgan fingerprint density at radius 2 is 1.92 bits per heavy atom. The lowest BCUT2D eigenvalue weighted by Crippen LogP contribution is -2.49. The van der Waals surface area contributed by atoms with E-state index >= 15 is 0 Å². The standard InChI is InChI=1S/C20H26N4O2/c21-20(26)18-12-15-8-4-5-9-17(15)23(18)13-19(25)24-11-10-16(22-24)14-6-2-1-3-7-14/h1-3,6-7,15,17-18H,4-5,8-13H2,(H2,21,26). The lowest BCUT2D eigenvalue weighted by Gasteiger charge is -2.33. The summed E-state index contributed by atoms with van der Waals surface area (Å²) >= 11 is 0. The van der Waals surface area contributed by atoms with Crippen LogP contribution in [0.4, 0.5) is 0 Å². The molecule has 0 radical (unpaired) electrons. The number of amides is 2. The van der Waals surface area contributed by atoms with Crippen LogP contribution in [0.5, 0.6) is 0 Å². The topological polar surface area (TPSA) is 79.0 Å². The minimum absolute atomic E-state index is 0.0339. The van der Waals surface area contributed by atoms with Crippen molar-refractivity contribution in [1.82, 2.24) is 9.91 Å². The fraction of sp³-hybridized carbons (Fsp3) is 0.550. The van der Waals surface area contributed by atoms with Crippen LogP contribution in [0.15, 0.2) is 35.4 Å². The first-order valence-electron chi connectivity index (χ1n) is 9.62. The lowest BCUT2D eigenvalue weighted by molar-refractivity contribution is -0.134. The SMILES string of the molecule is NC(=O)C1CC2CCCCC2N1CC(=O)N1CCC(c2ccccc2)=N1. The number of likely N-dealkylation sites (tertiary alicyclic amines) is 1. The zero-order valence-corrected chi connectivity index (χ0v) is 15.0. The van der Waals surface area contributed by atoms with Gasteiger partial charge in [-0.1, -0.05) is 43.2 Å². The molecule has 1 aliphatic carbocycles. The molecule has 3 unspecified atom stereocenters. The summed E-state index contributed by atoms with van der Waals surface area (Å²) in [6, 6.07) is 9.96. The van der Waals surface area contributed by atoms with Crippen molar-refractivity contribution in [2.45, 2.75) is 50.6 Å². The minimum atomic E-state index is -0.313. The van der Waals surface area contributed by atoms with Crippen molar-refractivity contribution in [2.24, 2.45) is 16.8 Å². The molecule has 1 saturated heterocycles. The maximum Gasteiger partial charge on any atom is 0.256 e. The van der Waals surface area contributed by atoms with Gasteiger partial charge in [0.15, 0.2) is 0 Å². The summed E-state index contributed by atoms with van der Waals surface area (Å²) in [4.78, 5) is 26.8. The van der Waals surface area contributed by atoms with Gasteiger partial charge in [0.25, 0.3) is 5.91 Å². The van der Waals surface area contributed by atoms with Crippen molar-refractivity contribution in [3.8, 4) is 0 Å². The van der Waals surface area contributed by atoms with Crippen molar-refractivity contribution in [1.29, 1.82) is 0 Å². The van der Waals surface area contributed by atoms with E-state index in [-0.39, 0.29) is 24.4 Å². The molecule has 6 heteroatoms. The Hall–Kier alpha value is -2.21. The Labute approximate surface area is 154 Å². The summed E-state index contributed by atoms with van der Waals surface area (Å²) in [6.45, 7) is 0.840. The van der Waals surface area contributed by atoms with Gasteiger partial charge >= 0.3 is 0 Å². The number of nitrogens with zero attached hydrogens (tertiary/aromatic N) is 3. The molecule has 2 N–H and O–H groups in total. The number of hydrogen-bond acceptors (Lipinski definition) is 4. The summed E-state index contributed by atoms with van der Waals surface area (Å²) in [5.74, 6) is 0.159. The molecule has 3 aliphatic rings. The van der Waals surface area contributed by atoms with E-state index in [4.69, 9.17) is 5.73 Å². The number of fused-ring (bicyclic) bond motifs is 1. The van der Waals surface area contributed by atoms with Gasteiger partial charge in [-0.3, -0.25) is 14.5 Å². The molecule has 3 atom stereocenters. The Balaban J connectivity index is 1.47. The van der Waals surface area contributed by atoms with E-state index in [2.05, 4.69) is 10.0 Å². The number of nitrogens with two attached hydrogens (primary N) is 1. The summed E-state index contributed by atoms with van der Waals surface area (Å²) in [5, 5.41) is 6.10. The molecule has 2 aliphatic heterocycles. The maximum atomic E-state index is 12.8. The second-order valence-electron chi connectivity index (χ2n) is 7.62. The van der Waals surface area contributed by atoms with Gasteiger partial charge in [0.1, 0.15) is 0 Å². The van der Waals surface area contributed by atoms with Crippen LogP contribution in [0.25, 0.3) is 0 Å². The Morgan fingerprint density at radius 1 is 1.15 bits per heavy atom. The average molecular weight is 354 g/mol. The third-order valence-electron chi connectivity index (χ3n) is 6.06. The summed E-state index contributed by atoms with van der Waals surface area (Å²) in [7, 11) is 0. The first-order valence-corrected chi connectivity index (χ1v) is 9.62. The molecular formula is C20H26N4O2. The quantitative estimate of drug-likeness (QED) is 0.894. The van der Waals surface area contributed by atoms with Crippen molar-refractivity contribution in [3.63, 3.8) is 0 Å². The average Bonchev–Trinajstić information content (AvgIpc) is 3.28. The molecule has 6 nitrogen and oxygen atoms in total. The van der Waals surface area contributed by atoms with Crippen LogP contribution in [-0.4, -0.2) is 52.6 Å². The highest BCUT2D eigenvalue weighted by Crippen LogP contribution is 2.39. The Kier molecular flexibility index (Phi) is 4.76. The highest BCUT2D eigenvalue weighted by Gasteiger charge is 2.45. The van der Waals surface area contributed by atoms with E-state index in [1.807, 2.05) is 30.3 Å². The molecule has 138 valence electrons. The van der Waals surface area contributed by atoms with Gasteiger partial charge in [-0.2, -0.15) is 5.10 Å². The van der Waals surface area contributed by atoms with E-state index in [1.165, 1.54) is 6.42 Å². The first kappa shape index (κ1) is 17.2. The third-order valence-corrected chi connectivity index (χ3v) is 6.06. The number of hydrogen-bond donors (Lipinski definition) is 1. The summed E-state index contributed by atoms with van der Waals surface area (Å²) < 4.78 is 0. The van der Waals surface area contributed by atoms with Crippen LogP contribution in [-0.2, 0) is 9.59 Å². The highest BCUT2D eigenvalue weighted by atomic mass is 16.2. The largest absolute Gasteiger partial charge is 0.368 e. The predicted octanol–water partition coefficient (Wildman–Crippen LogP) is 1.74. The van der Waals surface area contributed by atoms with E-state index < -0.39 is 0 Å². The fourth-order valence-electron chi connectivity index (χ4n) is 4.77. The normalized spacial score (nSPS) is 28.7. The molecule has 26 heavy (non-hydrogen) atoms. The monoisotopic (exact) mass is 354 g/mol. The third kappa shape index (κ3) is 3.26. The number of hydrazone groups is 1. The number of benzene rings is 1. The van der Waals surface area contributed by atoms with Crippen LogP contribution in [0.3, 0.4) is 0 Å². The van der Waals surface area contributed by atoms with E-state index in [0.717, 1.165) is 43.4 Å². The second kappa shape index (κ2) is 7.19. The van der Waals surface area contributed by atoms with Gasteiger partial charge in [0.05, 0.1) is 24.8 Å². The van der Waals surface area contributed by atoms with Gasteiger partial charge < -0.3 is 5.73 Å². The molecule has 4 rings (SSSR count).